The molecule has 13 heteroatoms. The second kappa shape index (κ2) is 10.9. The van der Waals surface area contributed by atoms with E-state index in [9.17, 15) is 29.6 Å². The van der Waals surface area contributed by atoms with Crippen molar-refractivity contribution in [1.29, 1.82) is 0 Å². The quantitative estimate of drug-likeness (QED) is 0.324. The van der Waals surface area contributed by atoms with E-state index < -0.39 is 41.1 Å². The first-order valence-electron chi connectivity index (χ1n) is 10.4. The van der Waals surface area contributed by atoms with Crippen molar-refractivity contribution in [2.24, 2.45) is 0 Å². The highest BCUT2D eigenvalue weighted by Gasteiger charge is 2.36. The Morgan fingerprint density at radius 1 is 1.35 bits per heavy atom. The van der Waals surface area contributed by atoms with Crippen LogP contribution in [0.3, 0.4) is 0 Å². The van der Waals surface area contributed by atoms with E-state index in [1.807, 2.05) is 0 Å². The highest BCUT2D eigenvalue weighted by atomic mass is 16.7. The van der Waals surface area contributed by atoms with Gasteiger partial charge in [-0.2, -0.15) is 4.98 Å². The van der Waals surface area contributed by atoms with Gasteiger partial charge in [-0.25, -0.2) is 9.59 Å². The summed E-state index contributed by atoms with van der Waals surface area (Å²) in [4.78, 5) is 49.6. The maximum Gasteiger partial charge on any atom is 0.508 e. The Kier molecular flexibility index (Phi) is 7.91. The van der Waals surface area contributed by atoms with Crippen molar-refractivity contribution in [2.45, 2.75) is 44.6 Å². The summed E-state index contributed by atoms with van der Waals surface area (Å²) in [6, 6.07) is 7.57. The number of ether oxygens (including phenoxy) is 3. The number of benzene rings is 1. The molecule has 1 fully saturated rings. The van der Waals surface area contributed by atoms with Crippen LogP contribution in [0, 0.1) is 10.1 Å². The summed E-state index contributed by atoms with van der Waals surface area (Å²) < 4.78 is 16.8. The number of nitrogens with zero attached hydrogens (tertiary/aromatic N) is 3. The van der Waals surface area contributed by atoms with Crippen LogP contribution in [0.4, 0.5) is 16.3 Å². The second-order valence-corrected chi connectivity index (χ2v) is 7.71. The lowest BCUT2D eigenvalue weighted by Crippen LogP contribution is -2.29. The van der Waals surface area contributed by atoms with Crippen molar-refractivity contribution in [1.82, 2.24) is 9.55 Å². The summed E-state index contributed by atoms with van der Waals surface area (Å²) in [5.41, 5.74) is -0.343. The molecular weight excluding hydrogens is 452 g/mol. The molecule has 0 bridgehead atoms. The topological polar surface area (TPSA) is 172 Å². The molecule has 1 amide bonds. The number of carbonyl (C=O) groups is 2. The third-order valence-corrected chi connectivity index (χ3v) is 5.13. The molecule has 2 heterocycles. The first-order chi connectivity index (χ1) is 16.2. The molecule has 0 aliphatic carbocycles. The van der Waals surface area contributed by atoms with Crippen LogP contribution in [-0.4, -0.2) is 57.1 Å². The summed E-state index contributed by atoms with van der Waals surface area (Å²) in [6.07, 6.45) is -2.37. The number of amides is 1. The van der Waals surface area contributed by atoms with Crippen LogP contribution in [0.25, 0.3) is 0 Å². The Balaban J connectivity index is 1.50. The van der Waals surface area contributed by atoms with E-state index in [1.54, 1.807) is 25.1 Å². The molecule has 4 unspecified atom stereocenters. The van der Waals surface area contributed by atoms with Crippen molar-refractivity contribution in [2.75, 3.05) is 18.5 Å². The van der Waals surface area contributed by atoms with Crippen LogP contribution in [-0.2, 0) is 19.0 Å². The molecule has 13 nitrogen and oxygen atoms in total. The molecule has 1 aliphatic heterocycles. The largest absolute Gasteiger partial charge is 0.508 e. The van der Waals surface area contributed by atoms with Crippen molar-refractivity contribution in [3.63, 3.8) is 0 Å². The Morgan fingerprint density at radius 2 is 2.09 bits per heavy atom. The van der Waals surface area contributed by atoms with Crippen LogP contribution in [0.1, 0.15) is 38.0 Å². The SMILES string of the molecule is CC(=O)Nc1ccn(C2CC(O)C(COC(=O)OCC(C)c3ccccc3[N+](=O)[O-])O2)c(=O)n1. The number of nitro benzene ring substituents is 1. The molecule has 182 valence electrons. The number of rotatable bonds is 8. The molecule has 2 N–H and O–H groups in total. The monoisotopic (exact) mass is 476 g/mol. The highest BCUT2D eigenvalue weighted by molar-refractivity contribution is 5.87. The van der Waals surface area contributed by atoms with E-state index in [0.29, 0.717) is 5.56 Å². The van der Waals surface area contributed by atoms with Gasteiger partial charge in [0.2, 0.25) is 5.91 Å². The molecule has 1 aromatic carbocycles. The lowest BCUT2D eigenvalue weighted by molar-refractivity contribution is -0.385. The molecule has 1 aromatic heterocycles. The van der Waals surface area contributed by atoms with Crippen molar-refractivity contribution in [3.05, 3.63) is 62.7 Å². The smallest absolute Gasteiger partial charge is 0.434 e. The molecular formula is C21H24N4O9. The number of aromatic nitrogens is 2. The van der Waals surface area contributed by atoms with Gasteiger partial charge in [-0.3, -0.25) is 19.5 Å². The number of nitro groups is 1. The number of anilines is 1. The summed E-state index contributed by atoms with van der Waals surface area (Å²) in [5.74, 6) is -0.741. The average molecular weight is 476 g/mol. The molecule has 0 spiro atoms. The first-order valence-corrected chi connectivity index (χ1v) is 10.4. The minimum absolute atomic E-state index is 0.0544. The third-order valence-electron chi connectivity index (χ3n) is 5.13. The van der Waals surface area contributed by atoms with E-state index in [0.717, 1.165) is 4.57 Å². The van der Waals surface area contributed by atoms with Gasteiger partial charge in [-0.15, -0.1) is 0 Å². The van der Waals surface area contributed by atoms with Gasteiger partial charge >= 0.3 is 11.8 Å². The van der Waals surface area contributed by atoms with Gasteiger partial charge < -0.3 is 24.6 Å². The van der Waals surface area contributed by atoms with Gasteiger partial charge in [0.1, 0.15) is 31.4 Å². The molecule has 0 saturated carbocycles. The maximum absolute atomic E-state index is 12.2. The van der Waals surface area contributed by atoms with Gasteiger partial charge in [-0.1, -0.05) is 25.1 Å². The van der Waals surface area contributed by atoms with E-state index in [4.69, 9.17) is 14.2 Å². The fourth-order valence-electron chi connectivity index (χ4n) is 3.46. The highest BCUT2D eigenvalue weighted by Crippen LogP contribution is 2.28. The zero-order chi connectivity index (χ0) is 24.8. The van der Waals surface area contributed by atoms with Gasteiger partial charge in [0.15, 0.2) is 0 Å². The molecule has 4 atom stereocenters. The summed E-state index contributed by atoms with van der Waals surface area (Å²) in [5, 5.41) is 23.8. The minimum atomic E-state index is -1.02. The van der Waals surface area contributed by atoms with Crippen molar-refractivity contribution in [3.8, 4) is 0 Å². The molecule has 1 aliphatic rings. The summed E-state index contributed by atoms with van der Waals surface area (Å²) in [7, 11) is 0. The first kappa shape index (κ1) is 24.8. The van der Waals surface area contributed by atoms with Gasteiger partial charge in [0.05, 0.1) is 11.0 Å². The fraction of sp³-hybridized carbons (Fsp3) is 0.429. The van der Waals surface area contributed by atoms with Crippen LogP contribution >= 0.6 is 0 Å². The Hall–Kier alpha value is -3.84. The van der Waals surface area contributed by atoms with E-state index in [1.165, 1.54) is 25.3 Å². The fourth-order valence-corrected chi connectivity index (χ4v) is 3.46. The number of aliphatic hydroxyl groups excluding tert-OH is 1. The Bertz CT molecular complexity index is 1120. The van der Waals surface area contributed by atoms with Gasteiger partial charge in [0.25, 0.3) is 5.69 Å². The van der Waals surface area contributed by atoms with E-state index in [-0.39, 0.29) is 37.0 Å². The molecule has 3 rings (SSSR count). The van der Waals surface area contributed by atoms with Crippen molar-refractivity contribution >= 4 is 23.6 Å². The predicted octanol–water partition coefficient (Wildman–Crippen LogP) is 1.72. The zero-order valence-corrected chi connectivity index (χ0v) is 18.4. The Morgan fingerprint density at radius 3 is 2.76 bits per heavy atom. The molecule has 0 radical (unpaired) electrons. The number of carbonyl (C=O) groups excluding carboxylic acids is 2. The molecule has 1 saturated heterocycles. The van der Waals surface area contributed by atoms with Gasteiger partial charge in [-0.05, 0) is 6.07 Å². The number of nitrogens with one attached hydrogen (secondary N) is 1. The van der Waals surface area contributed by atoms with Crippen LogP contribution in [0.15, 0.2) is 41.3 Å². The second-order valence-electron chi connectivity index (χ2n) is 7.71. The predicted molar refractivity (Wildman–Crippen MR) is 116 cm³/mol. The van der Waals surface area contributed by atoms with E-state index in [2.05, 4.69) is 10.3 Å². The van der Waals surface area contributed by atoms with Crippen LogP contribution in [0.2, 0.25) is 0 Å². The van der Waals surface area contributed by atoms with Crippen molar-refractivity contribution < 1.29 is 33.8 Å². The number of aliphatic hydroxyl groups is 1. The lowest BCUT2D eigenvalue weighted by atomic mass is 10.0. The summed E-state index contributed by atoms with van der Waals surface area (Å²) in [6.45, 7) is 2.48. The third kappa shape index (κ3) is 6.14. The Labute approximate surface area is 193 Å². The van der Waals surface area contributed by atoms with Crippen LogP contribution in [0.5, 0.6) is 0 Å². The van der Waals surface area contributed by atoms with Gasteiger partial charge in [0, 0.05) is 37.1 Å². The number of hydrogen-bond donors (Lipinski definition) is 2. The molecule has 34 heavy (non-hydrogen) atoms. The standard InChI is InChI=1S/C21H24N4O9/c1-12(14-5-3-4-6-15(14)25(30)31)10-32-21(29)33-11-17-16(27)9-19(34-17)24-8-7-18(22-13(2)26)23-20(24)28/h3-8,12,16-17,19,27H,9-11H2,1-2H3,(H,22,23,26,28). The van der Waals surface area contributed by atoms with Crippen LogP contribution < -0.4 is 11.0 Å². The number of para-hydroxylation sites is 1. The average Bonchev–Trinajstić information content (AvgIpc) is 3.15. The normalized spacial score (nSPS) is 20.4. The van der Waals surface area contributed by atoms with E-state index >= 15 is 0 Å². The molecule has 2 aromatic rings. The minimum Gasteiger partial charge on any atom is -0.434 e. The summed E-state index contributed by atoms with van der Waals surface area (Å²) >= 11 is 0. The maximum atomic E-state index is 12.2. The lowest BCUT2D eigenvalue weighted by Gasteiger charge is -2.17. The zero-order valence-electron chi connectivity index (χ0n) is 18.4. The number of hydrogen-bond acceptors (Lipinski definition) is 10.